The van der Waals surface area contributed by atoms with Crippen LogP contribution in [0, 0.1) is 43.4 Å². The van der Waals surface area contributed by atoms with E-state index in [0.717, 1.165) is 6.54 Å². The fourth-order valence-corrected chi connectivity index (χ4v) is 0.889. The Morgan fingerprint density at radius 2 is 2.00 bits per heavy atom. The van der Waals surface area contributed by atoms with Crippen molar-refractivity contribution in [2.75, 3.05) is 26.3 Å². The van der Waals surface area contributed by atoms with Crippen LogP contribution in [0.4, 0.5) is 0 Å². The van der Waals surface area contributed by atoms with Crippen LogP contribution in [0.3, 0.4) is 0 Å². The monoisotopic (exact) mass is 312 g/mol. The third-order valence-corrected chi connectivity index (χ3v) is 1.47. The second-order valence-electron chi connectivity index (χ2n) is 2.10. The first kappa shape index (κ1) is 11.5. The van der Waals surface area contributed by atoms with Gasteiger partial charge in [-0.3, -0.25) is 0 Å². The van der Waals surface area contributed by atoms with E-state index in [-0.39, 0.29) is 42.8 Å². The average molecular weight is 312 g/mol. The van der Waals surface area contributed by atoms with Crippen molar-refractivity contribution in [2.24, 2.45) is 5.73 Å². The molecule has 0 aromatic rings. The number of nitrogens with zero attached hydrogens (tertiary/aromatic N) is 1. The summed E-state index contributed by atoms with van der Waals surface area (Å²) in [4.78, 5) is 12.5. The molecule has 0 saturated carbocycles. The fraction of sp³-hybridized carbons (Fsp3) is 0.667. The molecule has 0 atom stereocenters. The number of hydrogen-bond donors (Lipinski definition) is 1. The minimum Gasteiger partial charge on any atom is -0.460 e. The second-order valence-corrected chi connectivity index (χ2v) is 2.10. The molecular formula is C6H11N2O2Tm-. The molecule has 1 aliphatic heterocycles. The maximum atomic E-state index is 10.9. The Balaban J connectivity index is 0.000001000. The standard InChI is InChI=1S/C6H11N2O2.Tm/c7-5-6(9)8-1-3-10-4-2-8;/h5H,1-4,7H2;/q-1;. The fourth-order valence-electron chi connectivity index (χ4n) is 0.889. The average Bonchev–Trinajstić information content (AvgIpc) is 2.05. The van der Waals surface area contributed by atoms with Crippen molar-refractivity contribution in [2.45, 2.75) is 0 Å². The van der Waals surface area contributed by atoms with Crippen molar-refractivity contribution in [1.82, 2.24) is 4.90 Å². The van der Waals surface area contributed by atoms with Gasteiger partial charge >= 0.3 is 0 Å². The van der Waals surface area contributed by atoms with Gasteiger partial charge in [-0.05, 0) is 0 Å². The van der Waals surface area contributed by atoms with E-state index in [2.05, 4.69) is 0 Å². The summed E-state index contributed by atoms with van der Waals surface area (Å²) in [6.45, 7) is 3.66. The molecule has 1 rings (SSSR count). The molecule has 0 aromatic heterocycles. The zero-order chi connectivity index (χ0) is 7.40. The Kier molecular flexibility index (Phi) is 6.33. The zero-order valence-electron chi connectivity index (χ0n) is 6.02. The van der Waals surface area contributed by atoms with Gasteiger partial charge in [-0.25, -0.2) is 6.54 Å². The van der Waals surface area contributed by atoms with Crippen molar-refractivity contribution < 1.29 is 46.4 Å². The Hall–Kier alpha value is 0.494. The summed E-state index contributed by atoms with van der Waals surface area (Å²) < 4.78 is 5.05. The summed E-state index contributed by atoms with van der Waals surface area (Å²) in [7, 11) is 0. The molecule has 1 radical (unpaired) electrons. The minimum atomic E-state index is -0.108. The summed E-state index contributed by atoms with van der Waals surface area (Å²) in [6, 6.07) is 0. The number of carbonyl (C=O) groups is 1. The Morgan fingerprint density at radius 1 is 1.45 bits per heavy atom. The van der Waals surface area contributed by atoms with Gasteiger partial charge < -0.3 is 20.2 Å². The Morgan fingerprint density at radius 3 is 2.45 bits per heavy atom. The minimum absolute atomic E-state index is 0. The molecule has 1 fully saturated rings. The van der Waals surface area contributed by atoms with E-state index in [1.807, 2.05) is 0 Å². The molecule has 0 aliphatic carbocycles. The molecule has 1 aliphatic rings. The van der Waals surface area contributed by atoms with Crippen molar-refractivity contribution >= 4 is 5.91 Å². The molecule has 1 amide bonds. The molecule has 1 saturated heterocycles. The molecular weight excluding hydrogens is 301 g/mol. The number of ether oxygens (including phenoxy) is 1. The van der Waals surface area contributed by atoms with E-state index < -0.39 is 0 Å². The smallest absolute Gasteiger partial charge is 0.0978 e. The molecule has 2 N–H and O–H groups in total. The van der Waals surface area contributed by atoms with Crippen LogP contribution in [-0.2, 0) is 9.53 Å². The van der Waals surface area contributed by atoms with E-state index in [1.165, 1.54) is 0 Å². The number of rotatable bonds is 1. The first-order chi connectivity index (χ1) is 4.84. The van der Waals surface area contributed by atoms with E-state index in [4.69, 9.17) is 10.5 Å². The maximum Gasteiger partial charge on any atom is 0.0978 e. The van der Waals surface area contributed by atoms with Gasteiger partial charge in [0.2, 0.25) is 0 Å². The molecule has 0 bridgehead atoms. The van der Waals surface area contributed by atoms with Crippen LogP contribution < -0.4 is 5.73 Å². The van der Waals surface area contributed by atoms with Gasteiger partial charge in [0.15, 0.2) is 0 Å². The normalized spacial score (nSPS) is 17.0. The molecule has 1 heterocycles. The van der Waals surface area contributed by atoms with Crippen LogP contribution in [0.5, 0.6) is 0 Å². The van der Waals surface area contributed by atoms with Gasteiger partial charge in [-0.2, -0.15) is 0 Å². The van der Waals surface area contributed by atoms with E-state index >= 15 is 0 Å². The van der Waals surface area contributed by atoms with Crippen molar-refractivity contribution in [3.05, 3.63) is 6.54 Å². The molecule has 5 heteroatoms. The summed E-state index contributed by atoms with van der Waals surface area (Å²) >= 11 is 0. The molecule has 11 heavy (non-hydrogen) atoms. The van der Waals surface area contributed by atoms with Gasteiger partial charge in [-0.15, -0.1) is 0 Å². The van der Waals surface area contributed by atoms with E-state index in [0.29, 0.717) is 26.3 Å². The van der Waals surface area contributed by atoms with Crippen LogP contribution >= 0.6 is 0 Å². The largest absolute Gasteiger partial charge is 0.460 e. The van der Waals surface area contributed by atoms with Crippen LogP contribution in [-0.4, -0.2) is 37.1 Å². The number of carbonyl (C=O) groups excluding carboxylic acids is 1. The predicted octanol–water partition coefficient (Wildman–Crippen LogP) is -1.03. The van der Waals surface area contributed by atoms with Gasteiger partial charge in [0.25, 0.3) is 0 Å². The van der Waals surface area contributed by atoms with Crippen LogP contribution in [0.2, 0.25) is 0 Å². The summed E-state index contributed by atoms with van der Waals surface area (Å²) in [5.41, 5.74) is 5.05. The van der Waals surface area contributed by atoms with Gasteiger partial charge in [0, 0.05) is 50.0 Å². The van der Waals surface area contributed by atoms with Crippen molar-refractivity contribution in [1.29, 1.82) is 0 Å². The number of hydrogen-bond acceptors (Lipinski definition) is 3. The first-order valence-corrected chi connectivity index (χ1v) is 3.26. The van der Waals surface area contributed by atoms with Gasteiger partial charge in [-0.1, -0.05) is 0 Å². The predicted molar refractivity (Wildman–Crippen MR) is 35.9 cm³/mol. The van der Waals surface area contributed by atoms with Crippen LogP contribution in [0.1, 0.15) is 0 Å². The summed E-state index contributed by atoms with van der Waals surface area (Å²) in [5, 5.41) is 0. The SMILES string of the molecule is N[CH-]C(=O)N1CCOCC1.[Tm]. The van der Waals surface area contributed by atoms with Crippen LogP contribution in [0.25, 0.3) is 0 Å². The Bertz CT molecular complexity index is 126. The van der Waals surface area contributed by atoms with Crippen molar-refractivity contribution in [3.63, 3.8) is 0 Å². The first-order valence-electron chi connectivity index (χ1n) is 3.26. The van der Waals surface area contributed by atoms with Crippen LogP contribution in [0.15, 0.2) is 0 Å². The maximum absolute atomic E-state index is 10.9. The molecule has 0 aromatic carbocycles. The molecule has 0 unspecified atom stereocenters. The molecule has 71 valence electrons. The molecule has 4 nitrogen and oxygen atoms in total. The van der Waals surface area contributed by atoms with Gasteiger partial charge in [0.1, 0.15) is 0 Å². The van der Waals surface area contributed by atoms with Crippen molar-refractivity contribution in [3.8, 4) is 0 Å². The van der Waals surface area contributed by atoms with E-state index in [9.17, 15) is 4.79 Å². The number of morpholine rings is 1. The number of amides is 1. The zero-order valence-corrected chi connectivity index (χ0v) is 7.80. The van der Waals surface area contributed by atoms with E-state index in [1.54, 1.807) is 4.90 Å². The summed E-state index contributed by atoms with van der Waals surface area (Å²) in [5.74, 6) is -0.108. The Labute approximate surface area is 95.2 Å². The third kappa shape index (κ3) is 3.60. The quantitative estimate of drug-likeness (QED) is 0.630. The third-order valence-electron chi connectivity index (χ3n) is 1.47. The van der Waals surface area contributed by atoms with Gasteiger partial charge in [0.05, 0.1) is 19.1 Å². The topological polar surface area (TPSA) is 55.6 Å². The second kappa shape index (κ2) is 6.06. The summed E-state index contributed by atoms with van der Waals surface area (Å²) in [6.07, 6.45) is 0. The molecule has 0 spiro atoms. The number of nitrogens with two attached hydrogens (primary N) is 1.